The number of carboxylic acids is 1. The molecular formula is C23H26N2O3. The first-order valence-corrected chi connectivity index (χ1v) is 10.1. The summed E-state index contributed by atoms with van der Waals surface area (Å²) in [5.74, 6) is -1.04. The molecule has 1 unspecified atom stereocenters. The largest absolute Gasteiger partial charge is 0.481 e. The Balaban J connectivity index is 1.52. The van der Waals surface area contributed by atoms with Crippen LogP contribution in [0, 0.1) is 0 Å². The van der Waals surface area contributed by atoms with E-state index in [1.54, 1.807) is 31.5 Å². The van der Waals surface area contributed by atoms with E-state index in [-0.39, 0.29) is 18.7 Å². The second-order valence-electron chi connectivity index (χ2n) is 8.16. The maximum atomic E-state index is 12.8. The van der Waals surface area contributed by atoms with Gasteiger partial charge in [0.2, 0.25) is 5.91 Å². The maximum Gasteiger partial charge on any atom is 0.313 e. The molecule has 0 saturated carbocycles. The molecule has 0 bridgehead atoms. The number of anilines is 1. The monoisotopic (exact) mass is 378 g/mol. The van der Waals surface area contributed by atoms with E-state index in [4.69, 9.17) is 0 Å². The van der Waals surface area contributed by atoms with Gasteiger partial charge in [-0.15, -0.1) is 0 Å². The summed E-state index contributed by atoms with van der Waals surface area (Å²) in [4.78, 5) is 28.8. The van der Waals surface area contributed by atoms with Crippen LogP contribution < -0.4 is 5.32 Å². The number of nitrogens with one attached hydrogen (secondary N) is 1. The summed E-state index contributed by atoms with van der Waals surface area (Å²) in [5.41, 5.74) is 5.85. The highest BCUT2D eigenvalue weighted by molar-refractivity contribution is 5.94. The molecule has 146 valence electrons. The van der Waals surface area contributed by atoms with Gasteiger partial charge < -0.3 is 10.4 Å². The highest BCUT2D eigenvalue weighted by Gasteiger charge is 2.36. The van der Waals surface area contributed by atoms with E-state index >= 15 is 0 Å². The molecule has 1 atom stereocenters. The number of pyridine rings is 1. The average molecular weight is 378 g/mol. The first kappa shape index (κ1) is 18.7. The van der Waals surface area contributed by atoms with Crippen LogP contribution in [0.4, 0.5) is 5.69 Å². The fourth-order valence-corrected chi connectivity index (χ4v) is 4.60. The Morgan fingerprint density at radius 1 is 1.14 bits per heavy atom. The van der Waals surface area contributed by atoms with E-state index in [1.165, 1.54) is 22.3 Å². The van der Waals surface area contributed by atoms with Crippen molar-refractivity contribution in [3.8, 4) is 0 Å². The molecule has 2 N–H and O–H groups in total. The van der Waals surface area contributed by atoms with Gasteiger partial charge in [-0.1, -0.05) is 12.1 Å². The molecule has 2 aromatic rings. The molecule has 0 fully saturated rings. The summed E-state index contributed by atoms with van der Waals surface area (Å²) in [7, 11) is 0. The van der Waals surface area contributed by atoms with Crippen LogP contribution in [0.2, 0.25) is 0 Å². The molecule has 2 aliphatic carbocycles. The lowest BCUT2D eigenvalue weighted by Gasteiger charge is -2.25. The van der Waals surface area contributed by atoms with Crippen molar-refractivity contribution in [1.82, 2.24) is 4.98 Å². The number of nitrogens with zero attached hydrogens (tertiary/aromatic N) is 1. The van der Waals surface area contributed by atoms with Crippen LogP contribution in [0.25, 0.3) is 0 Å². The third-order valence-corrected chi connectivity index (χ3v) is 6.36. The highest BCUT2D eigenvalue weighted by atomic mass is 16.4. The molecular weight excluding hydrogens is 352 g/mol. The van der Waals surface area contributed by atoms with E-state index in [0.717, 1.165) is 44.2 Å². The zero-order valence-corrected chi connectivity index (χ0v) is 16.3. The quantitative estimate of drug-likeness (QED) is 0.801. The molecule has 0 radical (unpaired) electrons. The van der Waals surface area contributed by atoms with E-state index in [9.17, 15) is 14.7 Å². The summed E-state index contributed by atoms with van der Waals surface area (Å²) in [6.45, 7) is 1.66. The zero-order valence-electron chi connectivity index (χ0n) is 16.3. The van der Waals surface area contributed by atoms with Crippen LogP contribution in [0.5, 0.6) is 0 Å². The summed E-state index contributed by atoms with van der Waals surface area (Å²) >= 11 is 0. The van der Waals surface area contributed by atoms with Gasteiger partial charge >= 0.3 is 5.97 Å². The number of benzene rings is 1. The summed E-state index contributed by atoms with van der Waals surface area (Å²) < 4.78 is 0. The van der Waals surface area contributed by atoms with Gasteiger partial charge in [-0.05, 0) is 85.8 Å². The van der Waals surface area contributed by atoms with Crippen molar-refractivity contribution in [2.24, 2.45) is 0 Å². The minimum Gasteiger partial charge on any atom is -0.481 e. The van der Waals surface area contributed by atoms with Crippen molar-refractivity contribution in [1.29, 1.82) is 0 Å². The van der Waals surface area contributed by atoms with Crippen molar-refractivity contribution >= 4 is 17.6 Å². The van der Waals surface area contributed by atoms with Gasteiger partial charge in [0.15, 0.2) is 0 Å². The molecule has 0 aliphatic heterocycles. The standard InChI is InChI=1S/C23H26N2O3/c1-23(22(27)28,17-7-4-12-24-14-17)11-10-20(26)25-21-18-8-2-5-15(18)13-16-6-3-9-19(16)21/h4,7,12-14H,2-3,5-6,8-11H2,1H3,(H,25,26)(H,27,28). The molecule has 4 rings (SSSR count). The van der Waals surface area contributed by atoms with E-state index in [0.29, 0.717) is 5.56 Å². The number of hydrogen-bond donors (Lipinski definition) is 2. The third kappa shape index (κ3) is 3.30. The molecule has 1 aromatic heterocycles. The molecule has 28 heavy (non-hydrogen) atoms. The average Bonchev–Trinajstić information content (AvgIpc) is 3.35. The maximum absolute atomic E-state index is 12.8. The van der Waals surface area contributed by atoms with Crippen LogP contribution in [-0.4, -0.2) is 22.0 Å². The molecule has 0 saturated heterocycles. The first-order valence-electron chi connectivity index (χ1n) is 10.1. The van der Waals surface area contributed by atoms with Crippen molar-refractivity contribution in [2.45, 2.75) is 63.7 Å². The Labute approximate surface area is 165 Å². The van der Waals surface area contributed by atoms with Crippen LogP contribution in [0.15, 0.2) is 30.6 Å². The molecule has 5 heteroatoms. The minimum atomic E-state index is -1.13. The van der Waals surface area contributed by atoms with Gasteiger partial charge in [-0.2, -0.15) is 0 Å². The number of carbonyl (C=O) groups is 2. The van der Waals surface area contributed by atoms with Gasteiger partial charge in [0.05, 0.1) is 5.41 Å². The molecule has 0 spiro atoms. The number of rotatable bonds is 6. The topological polar surface area (TPSA) is 79.3 Å². The number of aromatic nitrogens is 1. The molecule has 1 heterocycles. The lowest BCUT2D eigenvalue weighted by atomic mass is 9.79. The second kappa shape index (κ2) is 7.38. The lowest BCUT2D eigenvalue weighted by Crippen LogP contribution is -2.33. The summed E-state index contributed by atoms with van der Waals surface area (Å²) in [6.07, 6.45) is 10.1. The normalized spacial score (nSPS) is 16.9. The van der Waals surface area contributed by atoms with Crippen LogP contribution in [0.1, 0.15) is 60.4 Å². The van der Waals surface area contributed by atoms with Crippen LogP contribution in [0.3, 0.4) is 0 Å². The smallest absolute Gasteiger partial charge is 0.313 e. The predicted octanol–water partition coefficient (Wildman–Crippen LogP) is 3.82. The van der Waals surface area contributed by atoms with Crippen molar-refractivity contribution in [3.05, 3.63) is 58.4 Å². The fraction of sp³-hybridized carbons (Fsp3) is 0.435. The lowest BCUT2D eigenvalue weighted by molar-refractivity contribution is -0.143. The van der Waals surface area contributed by atoms with E-state index in [1.807, 2.05) is 0 Å². The van der Waals surface area contributed by atoms with Gasteiger partial charge in [0, 0.05) is 24.5 Å². The van der Waals surface area contributed by atoms with Gasteiger partial charge in [0.1, 0.15) is 0 Å². The molecule has 1 aromatic carbocycles. The number of carboxylic acid groups (broad SMARTS) is 1. The fourth-order valence-electron chi connectivity index (χ4n) is 4.60. The van der Waals surface area contributed by atoms with Crippen molar-refractivity contribution in [3.63, 3.8) is 0 Å². The Hall–Kier alpha value is -2.69. The Morgan fingerprint density at radius 2 is 1.82 bits per heavy atom. The number of carbonyl (C=O) groups excluding carboxylic acids is 1. The highest BCUT2D eigenvalue weighted by Crippen LogP contribution is 2.39. The number of amides is 1. The second-order valence-corrected chi connectivity index (χ2v) is 8.16. The zero-order chi connectivity index (χ0) is 19.7. The van der Waals surface area contributed by atoms with Gasteiger partial charge in [-0.25, -0.2) is 0 Å². The number of aryl methyl sites for hydroxylation is 2. The summed E-state index contributed by atoms with van der Waals surface area (Å²) in [6, 6.07) is 5.83. The van der Waals surface area contributed by atoms with Gasteiger partial charge in [-0.3, -0.25) is 14.6 Å². The molecule has 1 amide bonds. The Morgan fingerprint density at radius 3 is 2.39 bits per heavy atom. The third-order valence-electron chi connectivity index (χ3n) is 6.36. The van der Waals surface area contributed by atoms with Gasteiger partial charge in [0.25, 0.3) is 0 Å². The molecule has 5 nitrogen and oxygen atoms in total. The van der Waals surface area contributed by atoms with Crippen LogP contribution >= 0.6 is 0 Å². The number of hydrogen-bond acceptors (Lipinski definition) is 3. The predicted molar refractivity (Wildman–Crippen MR) is 108 cm³/mol. The molecule has 2 aliphatic rings. The number of aliphatic carboxylic acids is 1. The SMILES string of the molecule is CC(CCC(=O)Nc1c2c(cc3c1CCC3)CCC2)(C(=O)O)c1cccnc1. The van der Waals surface area contributed by atoms with E-state index < -0.39 is 11.4 Å². The minimum absolute atomic E-state index is 0.106. The Bertz CT molecular complexity index is 891. The van der Waals surface area contributed by atoms with Crippen LogP contribution in [-0.2, 0) is 40.7 Å². The van der Waals surface area contributed by atoms with Crippen molar-refractivity contribution < 1.29 is 14.7 Å². The summed E-state index contributed by atoms with van der Waals surface area (Å²) in [5, 5.41) is 12.9. The van der Waals surface area contributed by atoms with Crippen molar-refractivity contribution in [2.75, 3.05) is 5.32 Å². The number of fused-ring (bicyclic) bond motifs is 2. The Kier molecular flexibility index (Phi) is 4.92. The first-order chi connectivity index (χ1) is 13.5. The van der Waals surface area contributed by atoms with E-state index in [2.05, 4.69) is 16.4 Å².